The van der Waals surface area contributed by atoms with Crippen molar-refractivity contribution in [2.45, 2.75) is 32.2 Å². The molecule has 0 saturated carbocycles. The highest BCUT2D eigenvalue weighted by Crippen LogP contribution is 2.32. The SMILES string of the molecule is Cc1cc(C2CC(C(=O)N(C)Cc3ccco3)CN(C(=O)Cc3ccccc3)C2)ccc1F. The molecule has 1 aromatic heterocycles. The summed E-state index contributed by atoms with van der Waals surface area (Å²) in [6.45, 7) is 3.01. The molecular weight excluding hydrogens is 419 g/mol. The number of carbonyl (C=O) groups is 2. The molecule has 0 N–H and O–H groups in total. The molecule has 2 unspecified atom stereocenters. The Morgan fingerprint density at radius 3 is 2.58 bits per heavy atom. The second-order valence-electron chi connectivity index (χ2n) is 8.87. The molecule has 172 valence electrons. The number of halogens is 1. The molecule has 33 heavy (non-hydrogen) atoms. The Morgan fingerprint density at radius 1 is 1.09 bits per heavy atom. The van der Waals surface area contributed by atoms with E-state index in [9.17, 15) is 14.0 Å². The van der Waals surface area contributed by atoms with Crippen molar-refractivity contribution in [3.8, 4) is 0 Å². The molecule has 1 aliphatic rings. The van der Waals surface area contributed by atoms with Gasteiger partial charge in [-0.15, -0.1) is 0 Å². The molecule has 2 amide bonds. The van der Waals surface area contributed by atoms with Crippen LogP contribution in [0.15, 0.2) is 71.3 Å². The molecular formula is C27H29FN2O3. The van der Waals surface area contributed by atoms with Crippen molar-refractivity contribution in [1.82, 2.24) is 9.80 Å². The van der Waals surface area contributed by atoms with Gasteiger partial charge in [0.25, 0.3) is 0 Å². The monoisotopic (exact) mass is 448 g/mol. The van der Waals surface area contributed by atoms with Gasteiger partial charge in [-0.1, -0.05) is 42.5 Å². The van der Waals surface area contributed by atoms with Crippen LogP contribution in [-0.2, 0) is 22.6 Å². The molecule has 3 aromatic rings. The van der Waals surface area contributed by atoms with Gasteiger partial charge in [-0.05, 0) is 48.2 Å². The Balaban J connectivity index is 1.55. The number of carbonyl (C=O) groups excluding carboxylic acids is 2. The number of aryl methyl sites for hydroxylation is 1. The first-order valence-electron chi connectivity index (χ1n) is 11.3. The van der Waals surface area contributed by atoms with Crippen LogP contribution >= 0.6 is 0 Å². The Morgan fingerprint density at radius 2 is 1.88 bits per heavy atom. The number of likely N-dealkylation sites (tertiary alicyclic amines) is 1. The van der Waals surface area contributed by atoms with E-state index in [0.717, 1.165) is 11.1 Å². The van der Waals surface area contributed by atoms with Crippen LogP contribution in [0.1, 0.15) is 34.8 Å². The predicted molar refractivity (Wildman–Crippen MR) is 124 cm³/mol. The molecule has 0 bridgehead atoms. The Kier molecular flexibility index (Phi) is 6.92. The Bertz CT molecular complexity index is 1100. The van der Waals surface area contributed by atoms with Crippen molar-refractivity contribution in [3.05, 3.63) is 95.2 Å². The number of amides is 2. The summed E-state index contributed by atoms with van der Waals surface area (Å²) in [5.41, 5.74) is 2.47. The fraction of sp³-hybridized carbons (Fsp3) is 0.333. The van der Waals surface area contributed by atoms with Crippen molar-refractivity contribution < 1.29 is 18.4 Å². The summed E-state index contributed by atoms with van der Waals surface area (Å²) in [5.74, 6) is 0.0583. The summed E-state index contributed by atoms with van der Waals surface area (Å²) in [6.07, 6.45) is 2.49. The van der Waals surface area contributed by atoms with E-state index < -0.39 is 0 Å². The molecule has 6 heteroatoms. The highest BCUT2D eigenvalue weighted by molar-refractivity contribution is 5.82. The topological polar surface area (TPSA) is 53.8 Å². The summed E-state index contributed by atoms with van der Waals surface area (Å²) in [7, 11) is 1.76. The lowest BCUT2D eigenvalue weighted by Gasteiger charge is -2.39. The van der Waals surface area contributed by atoms with Crippen molar-refractivity contribution in [2.24, 2.45) is 5.92 Å². The fourth-order valence-electron chi connectivity index (χ4n) is 4.55. The summed E-state index contributed by atoms with van der Waals surface area (Å²) < 4.78 is 19.3. The zero-order chi connectivity index (χ0) is 23.4. The van der Waals surface area contributed by atoms with E-state index in [1.807, 2.05) is 42.5 Å². The average Bonchev–Trinajstić information content (AvgIpc) is 3.33. The van der Waals surface area contributed by atoms with E-state index in [2.05, 4.69) is 0 Å². The van der Waals surface area contributed by atoms with Crippen LogP contribution in [0.25, 0.3) is 0 Å². The molecule has 0 aliphatic carbocycles. The lowest BCUT2D eigenvalue weighted by atomic mass is 9.83. The third kappa shape index (κ3) is 5.51. The van der Waals surface area contributed by atoms with Crippen LogP contribution in [0.3, 0.4) is 0 Å². The van der Waals surface area contributed by atoms with Gasteiger partial charge in [0.1, 0.15) is 11.6 Å². The smallest absolute Gasteiger partial charge is 0.227 e. The zero-order valence-electron chi connectivity index (χ0n) is 19.0. The van der Waals surface area contributed by atoms with Crippen molar-refractivity contribution in [1.29, 1.82) is 0 Å². The molecule has 0 radical (unpaired) electrons. The molecule has 4 rings (SSSR count). The minimum absolute atomic E-state index is 0.00350. The molecule has 1 fully saturated rings. The predicted octanol–water partition coefficient (Wildman–Crippen LogP) is 4.56. The number of hydrogen-bond donors (Lipinski definition) is 0. The number of furan rings is 1. The maximum absolute atomic E-state index is 13.9. The number of benzene rings is 2. The minimum atomic E-state index is -0.339. The standard InChI is InChI=1S/C27H29FN2O3/c1-19-13-21(10-11-25(19)28)22-15-23(27(32)29(2)18-24-9-6-12-33-24)17-30(16-22)26(31)14-20-7-4-3-5-8-20/h3-13,22-23H,14-18H2,1-2H3. The number of rotatable bonds is 6. The summed E-state index contributed by atoms with van der Waals surface area (Å²) in [4.78, 5) is 30.0. The quantitative estimate of drug-likeness (QED) is 0.556. The summed E-state index contributed by atoms with van der Waals surface area (Å²) >= 11 is 0. The van der Waals surface area contributed by atoms with Gasteiger partial charge in [-0.25, -0.2) is 4.39 Å². The molecule has 0 spiro atoms. The first kappa shape index (κ1) is 22.8. The normalized spacial score (nSPS) is 18.2. The van der Waals surface area contributed by atoms with E-state index in [1.54, 1.807) is 42.2 Å². The van der Waals surface area contributed by atoms with Crippen LogP contribution in [0.5, 0.6) is 0 Å². The van der Waals surface area contributed by atoms with Gasteiger partial charge in [0.2, 0.25) is 11.8 Å². The maximum Gasteiger partial charge on any atom is 0.227 e. The van der Waals surface area contributed by atoms with Crippen LogP contribution < -0.4 is 0 Å². The van der Waals surface area contributed by atoms with Crippen molar-refractivity contribution >= 4 is 11.8 Å². The highest BCUT2D eigenvalue weighted by Gasteiger charge is 2.36. The van der Waals surface area contributed by atoms with Gasteiger partial charge in [0, 0.05) is 26.1 Å². The van der Waals surface area contributed by atoms with E-state index in [4.69, 9.17) is 4.42 Å². The van der Waals surface area contributed by atoms with Gasteiger partial charge in [-0.2, -0.15) is 0 Å². The first-order chi connectivity index (χ1) is 15.9. The molecule has 1 aliphatic heterocycles. The Labute approximate surface area is 193 Å². The second kappa shape index (κ2) is 10.0. The highest BCUT2D eigenvalue weighted by atomic mass is 19.1. The molecule has 2 atom stereocenters. The third-order valence-corrected chi connectivity index (χ3v) is 6.35. The van der Waals surface area contributed by atoms with Crippen LogP contribution in [-0.4, -0.2) is 41.8 Å². The van der Waals surface area contributed by atoms with Crippen molar-refractivity contribution in [2.75, 3.05) is 20.1 Å². The Hall–Kier alpha value is -3.41. The maximum atomic E-state index is 13.9. The average molecular weight is 449 g/mol. The van der Waals surface area contributed by atoms with Crippen LogP contribution in [0.2, 0.25) is 0 Å². The minimum Gasteiger partial charge on any atom is -0.467 e. The largest absolute Gasteiger partial charge is 0.467 e. The van der Waals surface area contributed by atoms with E-state index in [1.165, 1.54) is 6.07 Å². The van der Waals surface area contributed by atoms with Gasteiger partial charge < -0.3 is 14.2 Å². The van der Waals surface area contributed by atoms with E-state index in [0.29, 0.717) is 43.8 Å². The molecule has 2 aromatic carbocycles. The number of hydrogen-bond acceptors (Lipinski definition) is 3. The first-order valence-corrected chi connectivity index (χ1v) is 11.3. The van der Waals surface area contributed by atoms with Crippen LogP contribution in [0, 0.1) is 18.7 Å². The van der Waals surface area contributed by atoms with Gasteiger partial charge in [0.05, 0.1) is 25.1 Å². The molecule has 5 nitrogen and oxygen atoms in total. The van der Waals surface area contributed by atoms with Crippen LogP contribution in [0.4, 0.5) is 4.39 Å². The van der Waals surface area contributed by atoms with Gasteiger partial charge in [0.15, 0.2) is 0 Å². The van der Waals surface area contributed by atoms with Gasteiger partial charge in [-0.3, -0.25) is 9.59 Å². The van der Waals surface area contributed by atoms with Gasteiger partial charge >= 0.3 is 0 Å². The van der Waals surface area contributed by atoms with Crippen molar-refractivity contribution in [3.63, 3.8) is 0 Å². The second-order valence-corrected chi connectivity index (χ2v) is 8.87. The number of nitrogens with zero attached hydrogens (tertiary/aromatic N) is 2. The fourth-order valence-corrected chi connectivity index (χ4v) is 4.55. The number of piperidine rings is 1. The van der Waals surface area contributed by atoms with E-state index >= 15 is 0 Å². The van der Waals surface area contributed by atoms with E-state index in [-0.39, 0.29) is 29.5 Å². The lowest BCUT2D eigenvalue weighted by molar-refractivity contribution is -0.140. The molecule has 2 heterocycles. The lowest BCUT2D eigenvalue weighted by Crippen LogP contribution is -2.48. The third-order valence-electron chi connectivity index (χ3n) is 6.35. The summed E-state index contributed by atoms with van der Waals surface area (Å²) in [5, 5.41) is 0. The zero-order valence-corrected chi connectivity index (χ0v) is 19.0. The summed E-state index contributed by atoms with van der Waals surface area (Å²) in [6, 6.07) is 18.3. The molecule has 1 saturated heterocycles.